The molecule has 0 heterocycles. The van der Waals surface area contributed by atoms with E-state index in [0.29, 0.717) is 0 Å². The molecule has 0 saturated carbocycles. The SMILES string of the molecule is CC(O)C(F)(F)c1ccccc1O. The molecule has 0 spiro atoms. The first kappa shape index (κ1) is 9.92. The average molecular weight is 188 g/mol. The van der Waals surface area contributed by atoms with E-state index in [1.54, 1.807) is 0 Å². The summed E-state index contributed by atoms with van der Waals surface area (Å²) in [4.78, 5) is 0. The molecule has 0 fully saturated rings. The van der Waals surface area contributed by atoms with Gasteiger partial charge in [0.25, 0.3) is 0 Å². The lowest BCUT2D eigenvalue weighted by atomic mass is 10.0. The second kappa shape index (κ2) is 3.30. The van der Waals surface area contributed by atoms with Crippen LogP contribution in [0, 0.1) is 0 Å². The van der Waals surface area contributed by atoms with Crippen molar-refractivity contribution in [1.29, 1.82) is 0 Å². The van der Waals surface area contributed by atoms with Gasteiger partial charge in [0.05, 0.1) is 5.56 Å². The molecule has 0 aromatic heterocycles. The maximum Gasteiger partial charge on any atom is 0.301 e. The minimum absolute atomic E-state index is 0.506. The van der Waals surface area contributed by atoms with Crippen LogP contribution in [0.15, 0.2) is 24.3 Å². The zero-order valence-corrected chi connectivity index (χ0v) is 7.04. The summed E-state index contributed by atoms with van der Waals surface area (Å²) < 4.78 is 26.3. The molecule has 1 aromatic carbocycles. The lowest BCUT2D eigenvalue weighted by Crippen LogP contribution is -2.27. The predicted molar refractivity (Wildman–Crippen MR) is 43.7 cm³/mol. The Labute approximate surface area is 74.4 Å². The molecule has 0 amide bonds. The number of halogens is 2. The fourth-order valence-corrected chi connectivity index (χ4v) is 0.981. The summed E-state index contributed by atoms with van der Waals surface area (Å²) in [5, 5.41) is 17.9. The van der Waals surface area contributed by atoms with Gasteiger partial charge in [-0.1, -0.05) is 12.1 Å². The summed E-state index contributed by atoms with van der Waals surface area (Å²) in [6, 6.07) is 5.07. The summed E-state index contributed by atoms with van der Waals surface area (Å²) in [6.07, 6.45) is -1.82. The van der Waals surface area contributed by atoms with Crippen LogP contribution in [0.2, 0.25) is 0 Å². The first-order valence-electron chi connectivity index (χ1n) is 3.80. The van der Waals surface area contributed by atoms with Crippen LogP contribution in [0.3, 0.4) is 0 Å². The maximum atomic E-state index is 13.1. The number of alkyl halides is 2. The molecule has 2 nitrogen and oxygen atoms in total. The fourth-order valence-electron chi connectivity index (χ4n) is 0.981. The molecular weight excluding hydrogens is 178 g/mol. The van der Waals surface area contributed by atoms with Crippen molar-refractivity contribution >= 4 is 0 Å². The monoisotopic (exact) mass is 188 g/mol. The van der Waals surface area contributed by atoms with Crippen LogP contribution in [0.25, 0.3) is 0 Å². The Morgan fingerprint density at radius 3 is 2.31 bits per heavy atom. The van der Waals surface area contributed by atoms with Crippen molar-refractivity contribution in [3.63, 3.8) is 0 Å². The number of hydrogen-bond acceptors (Lipinski definition) is 2. The van der Waals surface area contributed by atoms with Crippen LogP contribution in [0.1, 0.15) is 12.5 Å². The summed E-state index contributed by atoms with van der Waals surface area (Å²) in [7, 11) is 0. The van der Waals surface area contributed by atoms with Gasteiger partial charge in [-0.3, -0.25) is 0 Å². The van der Waals surface area contributed by atoms with E-state index < -0.39 is 23.3 Å². The van der Waals surface area contributed by atoms with E-state index in [-0.39, 0.29) is 0 Å². The molecule has 13 heavy (non-hydrogen) atoms. The van der Waals surface area contributed by atoms with Gasteiger partial charge in [-0.15, -0.1) is 0 Å². The standard InChI is InChI=1S/C9H10F2O2/c1-6(12)9(10,11)7-4-2-3-5-8(7)13/h2-6,12-13H,1H3. The van der Waals surface area contributed by atoms with Crippen LogP contribution in [0.5, 0.6) is 5.75 Å². The van der Waals surface area contributed by atoms with Crippen molar-refractivity contribution in [2.45, 2.75) is 19.0 Å². The topological polar surface area (TPSA) is 40.5 Å². The minimum Gasteiger partial charge on any atom is -0.507 e. The number of rotatable bonds is 2. The summed E-state index contributed by atoms with van der Waals surface area (Å²) in [5.74, 6) is -3.92. The number of benzene rings is 1. The van der Waals surface area contributed by atoms with Gasteiger partial charge in [0.2, 0.25) is 0 Å². The number of aliphatic hydroxyl groups excluding tert-OH is 1. The third kappa shape index (κ3) is 1.78. The molecule has 1 rings (SSSR count). The molecule has 0 radical (unpaired) electrons. The van der Waals surface area contributed by atoms with Crippen LogP contribution in [-0.4, -0.2) is 16.3 Å². The highest BCUT2D eigenvalue weighted by Crippen LogP contribution is 2.36. The van der Waals surface area contributed by atoms with Gasteiger partial charge >= 0.3 is 5.92 Å². The lowest BCUT2D eigenvalue weighted by molar-refractivity contribution is -0.107. The molecule has 0 aliphatic heterocycles. The average Bonchev–Trinajstić information content (AvgIpc) is 2.04. The smallest absolute Gasteiger partial charge is 0.301 e. The number of aliphatic hydroxyl groups is 1. The molecule has 4 heteroatoms. The van der Waals surface area contributed by atoms with Gasteiger partial charge in [-0.25, -0.2) is 0 Å². The molecule has 72 valence electrons. The van der Waals surface area contributed by atoms with Crippen LogP contribution in [0.4, 0.5) is 8.78 Å². The first-order chi connectivity index (χ1) is 5.96. The Balaban J connectivity index is 3.14. The molecule has 0 bridgehead atoms. The van der Waals surface area contributed by atoms with Crippen LogP contribution >= 0.6 is 0 Å². The largest absolute Gasteiger partial charge is 0.507 e. The van der Waals surface area contributed by atoms with Crippen molar-refractivity contribution in [2.75, 3.05) is 0 Å². The Morgan fingerprint density at radius 1 is 1.31 bits per heavy atom. The molecule has 1 unspecified atom stereocenters. The van der Waals surface area contributed by atoms with Crippen LogP contribution < -0.4 is 0 Å². The van der Waals surface area contributed by atoms with Crippen molar-refractivity contribution in [3.05, 3.63) is 29.8 Å². The summed E-state index contributed by atoms with van der Waals surface area (Å²) in [5.41, 5.74) is -0.551. The quantitative estimate of drug-likeness (QED) is 0.743. The predicted octanol–water partition coefficient (Wildman–Crippen LogP) is 1.86. The Bertz CT molecular complexity index is 297. The highest BCUT2D eigenvalue weighted by atomic mass is 19.3. The number of phenols is 1. The van der Waals surface area contributed by atoms with Gasteiger partial charge in [0.15, 0.2) is 0 Å². The van der Waals surface area contributed by atoms with Crippen molar-refractivity contribution in [1.82, 2.24) is 0 Å². The second-order valence-electron chi connectivity index (χ2n) is 2.82. The molecule has 1 atom stereocenters. The van der Waals surface area contributed by atoms with Gasteiger partial charge in [0, 0.05) is 0 Å². The van der Waals surface area contributed by atoms with Crippen LogP contribution in [-0.2, 0) is 5.92 Å². The Morgan fingerprint density at radius 2 is 1.85 bits per heavy atom. The van der Waals surface area contributed by atoms with Crippen molar-refractivity contribution < 1.29 is 19.0 Å². The number of aromatic hydroxyl groups is 1. The van der Waals surface area contributed by atoms with E-state index >= 15 is 0 Å². The van der Waals surface area contributed by atoms with Gasteiger partial charge < -0.3 is 10.2 Å². The van der Waals surface area contributed by atoms with Crippen molar-refractivity contribution in [3.8, 4) is 5.75 Å². The van der Waals surface area contributed by atoms with E-state index in [2.05, 4.69) is 0 Å². The van der Waals surface area contributed by atoms with E-state index in [4.69, 9.17) is 10.2 Å². The van der Waals surface area contributed by atoms with Crippen molar-refractivity contribution in [2.24, 2.45) is 0 Å². The van der Waals surface area contributed by atoms with E-state index in [9.17, 15) is 8.78 Å². The zero-order chi connectivity index (χ0) is 10.1. The normalized spacial score (nSPS) is 14.2. The van der Waals surface area contributed by atoms with E-state index in [1.807, 2.05) is 0 Å². The third-order valence-electron chi connectivity index (χ3n) is 1.79. The highest BCUT2D eigenvalue weighted by Gasteiger charge is 2.39. The number of hydrogen-bond donors (Lipinski definition) is 2. The van der Waals surface area contributed by atoms with Gasteiger partial charge in [-0.2, -0.15) is 8.78 Å². The van der Waals surface area contributed by atoms with Gasteiger partial charge in [-0.05, 0) is 19.1 Å². The Hall–Kier alpha value is -1.16. The third-order valence-corrected chi connectivity index (χ3v) is 1.79. The molecular formula is C9H10F2O2. The molecule has 0 aliphatic rings. The molecule has 0 saturated heterocycles. The number of phenolic OH excluding ortho intramolecular Hbond substituents is 1. The Kier molecular flexibility index (Phi) is 2.52. The minimum atomic E-state index is -3.41. The summed E-state index contributed by atoms with van der Waals surface area (Å²) >= 11 is 0. The molecule has 0 aliphatic carbocycles. The summed E-state index contributed by atoms with van der Waals surface area (Å²) in [6.45, 7) is 0.979. The highest BCUT2D eigenvalue weighted by molar-refractivity contribution is 5.35. The zero-order valence-electron chi connectivity index (χ0n) is 7.04. The first-order valence-corrected chi connectivity index (χ1v) is 3.80. The molecule has 1 aromatic rings. The van der Waals surface area contributed by atoms with Gasteiger partial charge in [0.1, 0.15) is 11.9 Å². The van der Waals surface area contributed by atoms with E-state index in [1.165, 1.54) is 12.1 Å². The fraction of sp³-hybridized carbons (Fsp3) is 0.333. The second-order valence-corrected chi connectivity index (χ2v) is 2.82. The lowest BCUT2D eigenvalue weighted by Gasteiger charge is -2.20. The number of para-hydroxylation sites is 1. The molecule has 2 N–H and O–H groups in total. The maximum absolute atomic E-state index is 13.1. The van der Waals surface area contributed by atoms with E-state index in [0.717, 1.165) is 19.1 Å².